The summed E-state index contributed by atoms with van der Waals surface area (Å²) in [5.74, 6) is 1.08. The summed E-state index contributed by atoms with van der Waals surface area (Å²) in [7, 11) is 0. The van der Waals surface area contributed by atoms with E-state index in [0.717, 1.165) is 11.3 Å². The van der Waals surface area contributed by atoms with Crippen molar-refractivity contribution in [3.8, 4) is 17.2 Å². The van der Waals surface area contributed by atoms with Crippen molar-refractivity contribution in [2.45, 2.75) is 26.2 Å². The van der Waals surface area contributed by atoms with Gasteiger partial charge in [0, 0.05) is 24.9 Å². The van der Waals surface area contributed by atoms with Crippen LogP contribution in [0.1, 0.15) is 24.1 Å². The Bertz CT molecular complexity index is 955. The van der Waals surface area contributed by atoms with Gasteiger partial charge in [-0.1, -0.05) is 47.0 Å². The van der Waals surface area contributed by atoms with Crippen molar-refractivity contribution in [3.63, 3.8) is 0 Å². The highest BCUT2D eigenvalue weighted by Gasteiger charge is 2.08. The zero-order valence-corrected chi connectivity index (χ0v) is 17.6. The number of amides is 1. The molecule has 1 aromatic heterocycles. The lowest BCUT2D eigenvalue weighted by molar-refractivity contribution is -0.121. The largest absolute Gasteiger partial charge is 0.492 e. The smallest absolute Gasteiger partial charge is 0.226 e. The molecule has 29 heavy (non-hydrogen) atoms. The first-order valence-corrected chi connectivity index (χ1v) is 10.1. The minimum Gasteiger partial charge on any atom is -0.492 e. The molecule has 0 aliphatic carbocycles. The third kappa shape index (κ3) is 6.24. The molecule has 2 aromatic carbocycles. The summed E-state index contributed by atoms with van der Waals surface area (Å²) >= 11 is 12.0. The van der Waals surface area contributed by atoms with Gasteiger partial charge in [0.2, 0.25) is 11.8 Å². The first kappa shape index (κ1) is 21.2. The number of hydrogen-bond donors (Lipinski definition) is 1. The highest BCUT2D eigenvalue weighted by Crippen LogP contribution is 2.31. The van der Waals surface area contributed by atoms with Gasteiger partial charge in [-0.25, -0.2) is 4.98 Å². The van der Waals surface area contributed by atoms with E-state index >= 15 is 0 Å². The number of carbonyl (C=O) groups excluding carboxylic acids is 1. The Hall–Kier alpha value is -2.50. The number of nitrogens with zero attached hydrogens (tertiary/aromatic N) is 1. The van der Waals surface area contributed by atoms with E-state index in [1.165, 1.54) is 5.56 Å². The Balaban J connectivity index is 1.35. The zero-order valence-electron chi connectivity index (χ0n) is 16.1. The molecule has 0 aliphatic rings. The van der Waals surface area contributed by atoms with E-state index in [9.17, 15) is 4.79 Å². The molecule has 0 saturated heterocycles. The van der Waals surface area contributed by atoms with Gasteiger partial charge in [0.1, 0.15) is 17.0 Å². The Labute approximate surface area is 180 Å². The zero-order chi connectivity index (χ0) is 20.6. The quantitative estimate of drug-likeness (QED) is 0.454. The highest BCUT2D eigenvalue weighted by atomic mass is 35.5. The molecule has 3 rings (SSSR count). The van der Waals surface area contributed by atoms with Gasteiger partial charge in [0.25, 0.3) is 0 Å². The fourth-order valence-electron chi connectivity index (χ4n) is 2.68. The lowest BCUT2D eigenvalue weighted by Gasteiger charge is -2.09. The van der Waals surface area contributed by atoms with E-state index in [2.05, 4.69) is 10.3 Å². The van der Waals surface area contributed by atoms with Gasteiger partial charge in [0.15, 0.2) is 0 Å². The maximum atomic E-state index is 12.0. The molecule has 0 atom stereocenters. The van der Waals surface area contributed by atoms with Crippen molar-refractivity contribution in [2.75, 3.05) is 13.2 Å². The minimum atomic E-state index is -0.0342. The second-order valence-electron chi connectivity index (χ2n) is 6.61. The Morgan fingerprint density at radius 2 is 1.97 bits per heavy atom. The molecule has 152 valence electrons. The second kappa shape index (κ2) is 10.3. The highest BCUT2D eigenvalue weighted by molar-refractivity contribution is 6.42. The van der Waals surface area contributed by atoms with Crippen LogP contribution in [-0.2, 0) is 11.2 Å². The minimum absolute atomic E-state index is 0.0342. The number of ether oxygens (including phenoxy) is 1. The lowest BCUT2D eigenvalue weighted by atomic mass is 10.1. The van der Waals surface area contributed by atoms with E-state index in [0.29, 0.717) is 54.1 Å². The molecule has 0 fully saturated rings. The summed E-state index contributed by atoms with van der Waals surface area (Å²) in [6.07, 6.45) is 3.18. The van der Waals surface area contributed by atoms with Gasteiger partial charge < -0.3 is 14.5 Å². The molecule has 1 N–H and O–H groups in total. The summed E-state index contributed by atoms with van der Waals surface area (Å²) in [5, 5.41) is 3.71. The topological polar surface area (TPSA) is 64.4 Å². The molecule has 1 heterocycles. The third-order valence-electron chi connectivity index (χ3n) is 4.28. The van der Waals surface area contributed by atoms with Crippen LogP contribution in [0.3, 0.4) is 0 Å². The number of aromatic nitrogens is 1. The SMILES string of the molecule is Cc1ccc(-c2nc(CCNC(=O)CCCOc3cccc(Cl)c3Cl)co2)cc1. The summed E-state index contributed by atoms with van der Waals surface area (Å²) < 4.78 is 11.1. The first-order chi connectivity index (χ1) is 14.0. The van der Waals surface area contributed by atoms with E-state index in [-0.39, 0.29) is 5.91 Å². The lowest BCUT2D eigenvalue weighted by Crippen LogP contribution is -2.25. The molecule has 0 radical (unpaired) electrons. The van der Waals surface area contributed by atoms with Gasteiger partial charge >= 0.3 is 0 Å². The predicted octanol–water partition coefficient (Wildman–Crippen LogP) is 5.47. The Morgan fingerprint density at radius 1 is 1.17 bits per heavy atom. The van der Waals surface area contributed by atoms with Gasteiger partial charge in [-0.3, -0.25) is 4.79 Å². The summed E-state index contributed by atoms with van der Waals surface area (Å²) in [4.78, 5) is 16.4. The number of benzene rings is 2. The van der Waals surface area contributed by atoms with E-state index in [1.807, 2.05) is 31.2 Å². The van der Waals surface area contributed by atoms with Gasteiger partial charge in [-0.05, 0) is 37.6 Å². The van der Waals surface area contributed by atoms with Crippen LogP contribution in [0.25, 0.3) is 11.5 Å². The van der Waals surface area contributed by atoms with Crippen LogP contribution in [0.2, 0.25) is 10.0 Å². The van der Waals surface area contributed by atoms with Crippen molar-refractivity contribution in [3.05, 3.63) is 70.0 Å². The maximum absolute atomic E-state index is 12.0. The molecular weight excluding hydrogens is 411 g/mol. The number of oxazole rings is 1. The van der Waals surface area contributed by atoms with Crippen LogP contribution in [-0.4, -0.2) is 24.0 Å². The van der Waals surface area contributed by atoms with E-state index in [4.69, 9.17) is 32.4 Å². The number of halogens is 2. The van der Waals surface area contributed by atoms with Crippen molar-refractivity contribution in [1.82, 2.24) is 10.3 Å². The van der Waals surface area contributed by atoms with Crippen molar-refractivity contribution < 1.29 is 13.9 Å². The monoisotopic (exact) mass is 432 g/mol. The normalized spacial score (nSPS) is 10.7. The summed E-state index contributed by atoms with van der Waals surface area (Å²) in [5.41, 5.74) is 2.93. The van der Waals surface area contributed by atoms with Crippen LogP contribution in [0, 0.1) is 6.92 Å². The third-order valence-corrected chi connectivity index (χ3v) is 5.08. The molecule has 3 aromatic rings. The molecule has 7 heteroatoms. The summed E-state index contributed by atoms with van der Waals surface area (Å²) in [6, 6.07) is 13.2. The molecular formula is C22H22Cl2N2O3. The van der Waals surface area contributed by atoms with Gasteiger partial charge in [0.05, 0.1) is 17.3 Å². The molecule has 0 saturated carbocycles. The molecule has 0 unspecified atom stereocenters. The van der Waals surface area contributed by atoms with Crippen LogP contribution in [0.15, 0.2) is 53.1 Å². The maximum Gasteiger partial charge on any atom is 0.226 e. The van der Waals surface area contributed by atoms with Crippen LogP contribution in [0.5, 0.6) is 5.75 Å². The standard InChI is InChI=1S/C22H22Cl2N2O3/c1-15-7-9-16(10-8-15)22-26-17(14-29-22)11-12-25-20(27)6-3-13-28-19-5-2-4-18(23)21(19)24/h2,4-5,7-10,14H,3,6,11-13H2,1H3,(H,25,27). The van der Waals surface area contributed by atoms with Crippen molar-refractivity contribution >= 4 is 29.1 Å². The van der Waals surface area contributed by atoms with E-state index < -0.39 is 0 Å². The Kier molecular flexibility index (Phi) is 7.55. The van der Waals surface area contributed by atoms with Gasteiger partial charge in [-0.15, -0.1) is 0 Å². The van der Waals surface area contributed by atoms with Crippen molar-refractivity contribution in [1.29, 1.82) is 0 Å². The van der Waals surface area contributed by atoms with Crippen LogP contribution in [0.4, 0.5) is 0 Å². The average Bonchev–Trinajstić information content (AvgIpc) is 3.18. The van der Waals surface area contributed by atoms with Crippen molar-refractivity contribution in [2.24, 2.45) is 0 Å². The van der Waals surface area contributed by atoms with Crippen LogP contribution < -0.4 is 10.1 Å². The average molecular weight is 433 g/mol. The number of rotatable bonds is 9. The van der Waals surface area contributed by atoms with Gasteiger partial charge in [-0.2, -0.15) is 0 Å². The number of carbonyl (C=O) groups is 1. The molecule has 0 bridgehead atoms. The molecule has 5 nitrogen and oxygen atoms in total. The Morgan fingerprint density at radius 3 is 2.76 bits per heavy atom. The number of aryl methyl sites for hydroxylation is 1. The number of hydrogen-bond acceptors (Lipinski definition) is 4. The molecule has 0 spiro atoms. The predicted molar refractivity (Wildman–Crippen MR) is 115 cm³/mol. The first-order valence-electron chi connectivity index (χ1n) is 9.38. The molecule has 1 amide bonds. The fourth-order valence-corrected chi connectivity index (χ4v) is 3.03. The van der Waals surface area contributed by atoms with E-state index in [1.54, 1.807) is 24.5 Å². The second-order valence-corrected chi connectivity index (χ2v) is 7.40. The molecule has 0 aliphatic heterocycles. The fraction of sp³-hybridized carbons (Fsp3) is 0.273. The summed E-state index contributed by atoms with van der Waals surface area (Å²) in [6.45, 7) is 2.92. The van der Waals surface area contributed by atoms with Crippen LogP contribution >= 0.6 is 23.2 Å². The number of nitrogens with one attached hydrogen (secondary N) is 1.